The van der Waals surface area contributed by atoms with Crippen LogP contribution in [0.3, 0.4) is 0 Å². The Labute approximate surface area is 164 Å². The smallest absolute Gasteiger partial charge is 0.231 e. The minimum Gasteiger partial charge on any atom is -0.367 e. The molecular formula is C21H24FN5O. The number of halogens is 1. The molecule has 1 fully saturated rings. The highest BCUT2D eigenvalue weighted by Gasteiger charge is 2.19. The second-order valence-electron chi connectivity index (χ2n) is 7.08. The Morgan fingerprint density at radius 3 is 2.68 bits per heavy atom. The van der Waals surface area contributed by atoms with Crippen LogP contribution in [-0.4, -0.2) is 52.7 Å². The number of nitrogens with zero attached hydrogens (tertiary/aromatic N) is 5. The number of anilines is 1. The lowest BCUT2D eigenvalue weighted by Crippen LogP contribution is -2.46. The fraction of sp³-hybridized carbons (Fsp3) is 0.381. The molecule has 0 atom stereocenters. The van der Waals surface area contributed by atoms with Gasteiger partial charge in [0.05, 0.1) is 12.1 Å². The Kier molecular flexibility index (Phi) is 5.34. The minimum atomic E-state index is -0.253. The third-order valence-corrected chi connectivity index (χ3v) is 5.32. The molecule has 0 radical (unpaired) electrons. The zero-order valence-electron chi connectivity index (χ0n) is 16.2. The maximum atomic E-state index is 14.8. The first-order valence-electron chi connectivity index (χ1n) is 9.63. The SMILES string of the molecule is CCN1CCN(c2ccc(-c3noc(Cc4cnccc4C)n3)cc2F)CC1. The van der Waals surface area contributed by atoms with Crippen molar-refractivity contribution in [3.8, 4) is 11.4 Å². The summed E-state index contributed by atoms with van der Waals surface area (Å²) in [7, 11) is 0. The summed E-state index contributed by atoms with van der Waals surface area (Å²) < 4.78 is 20.1. The first-order chi connectivity index (χ1) is 13.6. The highest BCUT2D eigenvalue weighted by Crippen LogP contribution is 2.26. The molecule has 1 aliphatic rings. The van der Waals surface area contributed by atoms with Gasteiger partial charge in [-0.05, 0) is 48.9 Å². The molecule has 4 rings (SSSR count). The second-order valence-corrected chi connectivity index (χ2v) is 7.08. The van der Waals surface area contributed by atoms with Crippen LogP contribution < -0.4 is 4.90 Å². The monoisotopic (exact) mass is 381 g/mol. The lowest BCUT2D eigenvalue weighted by Gasteiger charge is -2.35. The molecular weight excluding hydrogens is 357 g/mol. The number of rotatable bonds is 5. The first kappa shape index (κ1) is 18.6. The Morgan fingerprint density at radius 2 is 1.96 bits per heavy atom. The van der Waals surface area contributed by atoms with E-state index in [1.54, 1.807) is 12.4 Å². The molecule has 0 saturated carbocycles. The van der Waals surface area contributed by atoms with Gasteiger partial charge in [-0.2, -0.15) is 4.98 Å². The molecule has 0 N–H and O–H groups in total. The van der Waals surface area contributed by atoms with Gasteiger partial charge in [-0.15, -0.1) is 0 Å². The van der Waals surface area contributed by atoms with Gasteiger partial charge in [0.25, 0.3) is 0 Å². The maximum Gasteiger partial charge on any atom is 0.231 e. The van der Waals surface area contributed by atoms with E-state index in [1.165, 1.54) is 6.07 Å². The predicted molar refractivity (Wildman–Crippen MR) is 106 cm³/mol. The molecule has 146 valence electrons. The molecule has 1 aromatic carbocycles. The lowest BCUT2D eigenvalue weighted by atomic mass is 10.1. The Morgan fingerprint density at radius 1 is 1.14 bits per heavy atom. The van der Waals surface area contributed by atoms with E-state index in [0.717, 1.165) is 43.9 Å². The van der Waals surface area contributed by atoms with E-state index < -0.39 is 0 Å². The van der Waals surface area contributed by atoms with E-state index in [-0.39, 0.29) is 5.82 Å². The van der Waals surface area contributed by atoms with Crippen molar-refractivity contribution in [2.45, 2.75) is 20.3 Å². The Bertz CT molecular complexity index is 949. The molecule has 1 saturated heterocycles. The summed E-state index contributed by atoms with van der Waals surface area (Å²) >= 11 is 0. The zero-order chi connectivity index (χ0) is 19.5. The minimum absolute atomic E-state index is 0.253. The summed E-state index contributed by atoms with van der Waals surface area (Å²) in [5.74, 6) is 0.640. The highest BCUT2D eigenvalue weighted by molar-refractivity contribution is 5.61. The van der Waals surface area contributed by atoms with E-state index in [2.05, 4.69) is 31.8 Å². The summed E-state index contributed by atoms with van der Waals surface area (Å²) in [4.78, 5) is 13.0. The number of hydrogen-bond donors (Lipinski definition) is 0. The topological polar surface area (TPSA) is 58.3 Å². The first-order valence-corrected chi connectivity index (χ1v) is 9.63. The van der Waals surface area contributed by atoms with Crippen molar-refractivity contribution in [3.63, 3.8) is 0 Å². The van der Waals surface area contributed by atoms with E-state index >= 15 is 0 Å². The van der Waals surface area contributed by atoms with Crippen molar-refractivity contribution in [1.29, 1.82) is 0 Å². The van der Waals surface area contributed by atoms with Crippen LogP contribution in [0, 0.1) is 12.7 Å². The van der Waals surface area contributed by atoms with Gasteiger partial charge in [0, 0.05) is 44.1 Å². The van der Waals surface area contributed by atoms with Crippen molar-refractivity contribution in [2.24, 2.45) is 0 Å². The Balaban J connectivity index is 1.49. The van der Waals surface area contributed by atoms with Crippen molar-refractivity contribution in [2.75, 3.05) is 37.6 Å². The molecule has 28 heavy (non-hydrogen) atoms. The quantitative estimate of drug-likeness (QED) is 0.676. The highest BCUT2D eigenvalue weighted by atomic mass is 19.1. The molecule has 2 aromatic heterocycles. The van der Waals surface area contributed by atoms with Crippen LogP contribution in [0.4, 0.5) is 10.1 Å². The lowest BCUT2D eigenvalue weighted by molar-refractivity contribution is 0.270. The third-order valence-electron chi connectivity index (χ3n) is 5.32. The van der Waals surface area contributed by atoms with Crippen LogP contribution in [0.25, 0.3) is 11.4 Å². The average molecular weight is 381 g/mol. The van der Waals surface area contributed by atoms with E-state index in [1.807, 2.05) is 25.1 Å². The van der Waals surface area contributed by atoms with Crippen LogP contribution in [0.2, 0.25) is 0 Å². The summed E-state index contributed by atoms with van der Waals surface area (Å²) in [5, 5.41) is 4.02. The molecule has 0 aliphatic carbocycles. The van der Waals surface area contributed by atoms with Crippen LogP contribution in [0.15, 0.2) is 41.2 Å². The molecule has 7 heteroatoms. The third kappa shape index (κ3) is 3.89. The van der Waals surface area contributed by atoms with Gasteiger partial charge in [0.15, 0.2) is 0 Å². The van der Waals surface area contributed by atoms with Crippen LogP contribution in [-0.2, 0) is 6.42 Å². The normalized spacial score (nSPS) is 15.2. The van der Waals surface area contributed by atoms with Gasteiger partial charge < -0.3 is 14.3 Å². The second kappa shape index (κ2) is 8.06. The number of likely N-dealkylation sites (N-methyl/N-ethyl adjacent to an activating group) is 1. The fourth-order valence-corrected chi connectivity index (χ4v) is 3.50. The van der Waals surface area contributed by atoms with E-state index in [0.29, 0.717) is 29.4 Å². The number of aromatic nitrogens is 3. The van der Waals surface area contributed by atoms with E-state index in [4.69, 9.17) is 4.52 Å². The Hall–Kier alpha value is -2.80. The van der Waals surface area contributed by atoms with Crippen molar-refractivity contribution >= 4 is 5.69 Å². The van der Waals surface area contributed by atoms with Crippen LogP contribution in [0.5, 0.6) is 0 Å². The zero-order valence-corrected chi connectivity index (χ0v) is 16.2. The van der Waals surface area contributed by atoms with Gasteiger partial charge in [0.1, 0.15) is 5.82 Å². The van der Waals surface area contributed by atoms with Gasteiger partial charge in [-0.1, -0.05) is 12.1 Å². The molecule has 0 unspecified atom stereocenters. The standard InChI is InChI=1S/C21H24FN5O/c1-3-26-8-10-27(11-9-26)19-5-4-16(12-18(19)22)21-24-20(28-25-21)13-17-14-23-7-6-15(17)2/h4-7,12,14H,3,8-11,13H2,1-2H3. The molecule has 0 bridgehead atoms. The molecule has 1 aliphatic heterocycles. The largest absolute Gasteiger partial charge is 0.367 e. The summed E-state index contributed by atoms with van der Waals surface area (Å²) in [5.41, 5.74) is 3.40. The van der Waals surface area contributed by atoms with Crippen molar-refractivity contribution in [3.05, 3.63) is 59.5 Å². The van der Waals surface area contributed by atoms with Crippen LogP contribution >= 0.6 is 0 Å². The molecule has 6 nitrogen and oxygen atoms in total. The van der Waals surface area contributed by atoms with Crippen LogP contribution in [0.1, 0.15) is 23.9 Å². The number of hydrogen-bond acceptors (Lipinski definition) is 6. The number of aryl methyl sites for hydroxylation is 1. The van der Waals surface area contributed by atoms with Gasteiger partial charge >= 0.3 is 0 Å². The van der Waals surface area contributed by atoms with Gasteiger partial charge in [-0.3, -0.25) is 4.98 Å². The molecule has 3 heterocycles. The number of piperazine rings is 1. The van der Waals surface area contributed by atoms with Crippen molar-refractivity contribution < 1.29 is 8.91 Å². The molecule has 3 aromatic rings. The molecule has 0 spiro atoms. The van der Waals surface area contributed by atoms with E-state index in [9.17, 15) is 4.39 Å². The summed E-state index contributed by atoms with van der Waals surface area (Å²) in [6, 6.07) is 7.11. The summed E-state index contributed by atoms with van der Waals surface area (Å²) in [6.07, 6.45) is 4.06. The number of pyridine rings is 1. The molecule has 0 amide bonds. The van der Waals surface area contributed by atoms with Gasteiger partial charge in [0.2, 0.25) is 11.7 Å². The number of benzene rings is 1. The average Bonchev–Trinajstić information content (AvgIpc) is 3.18. The summed E-state index contributed by atoms with van der Waals surface area (Å²) in [6.45, 7) is 8.79. The fourth-order valence-electron chi connectivity index (χ4n) is 3.50. The predicted octanol–water partition coefficient (Wildman–Crippen LogP) is 3.31. The van der Waals surface area contributed by atoms with Gasteiger partial charge in [-0.25, -0.2) is 4.39 Å². The maximum absolute atomic E-state index is 14.8. The van der Waals surface area contributed by atoms with Crippen molar-refractivity contribution in [1.82, 2.24) is 20.0 Å².